The first-order valence-corrected chi connectivity index (χ1v) is 9.25. The maximum absolute atomic E-state index is 12.4. The van der Waals surface area contributed by atoms with Crippen molar-refractivity contribution in [3.8, 4) is 0 Å². The molecule has 1 aromatic heterocycles. The highest BCUT2D eigenvalue weighted by atomic mass is 35.5. The first-order chi connectivity index (χ1) is 13.8. The number of carbonyl (C=O) groups excluding carboxylic acids is 3. The Bertz CT molecular complexity index is 772. The summed E-state index contributed by atoms with van der Waals surface area (Å²) < 4.78 is 9.79. The van der Waals surface area contributed by atoms with E-state index >= 15 is 0 Å². The quantitative estimate of drug-likeness (QED) is 0.285. The summed E-state index contributed by atoms with van der Waals surface area (Å²) in [6.45, 7) is 4.12. The number of nitrogens with one attached hydrogen (secondary N) is 2. The highest BCUT2D eigenvalue weighted by Crippen LogP contribution is 2.17. The third kappa shape index (κ3) is 8.60. The second kappa shape index (κ2) is 12.3. The molecule has 1 heterocycles. The van der Waals surface area contributed by atoms with E-state index in [1.54, 1.807) is 0 Å². The zero-order valence-corrected chi connectivity index (χ0v) is 16.9. The van der Waals surface area contributed by atoms with Gasteiger partial charge in [-0.05, 0) is 12.8 Å². The van der Waals surface area contributed by atoms with Crippen LogP contribution in [-0.2, 0) is 9.47 Å². The van der Waals surface area contributed by atoms with Crippen molar-refractivity contribution < 1.29 is 23.9 Å². The molecule has 0 radical (unpaired) electrons. The molecule has 0 unspecified atom stereocenters. The number of carbonyl (C=O) groups is 3. The third-order valence-electron chi connectivity index (χ3n) is 3.23. The molecule has 29 heavy (non-hydrogen) atoms. The Morgan fingerprint density at radius 3 is 2.24 bits per heavy atom. The van der Waals surface area contributed by atoms with Gasteiger partial charge in [-0.3, -0.25) is 15.4 Å². The van der Waals surface area contributed by atoms with Crippen LogP contribution < -0.4 is 22.1 Å². The van der Waals surface area contributed by atoms with Gasteiger partial charge in [0.15, 0.2) is 22.5 Å². The minimum Gasteiger partial charge on any atom is -0.449 e. The minimum absolute atomic E-state index is 0.132. The van der Waals surface area contributed by atoms with Crippen molar-refractivity contribution in [1.29, 1.82) is 0 Å². The molecule has 6 N–H and O–H groups in total. The Labute approximate surface area is 172 Å². The molecule has 0 bridgehead atoms. The van der Waals surface area contributed by atoms with Gasteiger partial charge in [-0.2, -0.15) is 0 Å². The number of hydrogen-bond acceptors (Lipinski definition) is 9. The largest absolute Gasteiger partial charge is 0.449 e. The van der Waals surface area contributed by atoms with Crippen molar-refractivity contribution >= 4 is 47.3 Å². The van der Waals surface area contributed by atoms with Crippen LogP contribution in [0.1, 0.15) is 50.0 Å². The summed E-state index contributed by atoms with van der Waals surface area (Å²) >= 11 is 5.75. The average Bonchev–Trinajstić information content (AvgIpc) is 2.64. The molecule has 0 aliphatic heterocycles. The zero-order chi connectivity index (χ0) is 21.8. The second-order valence-corrected chi connectivity index (χ2v) is 5.99. The summed E-state index contributed by atoms with van der Waals surface area (Å²) in [7, 11) is 0. The number of halogens is 1. The molecule has 0 fully saturated rings. The number of rotatable bonds is 7. The van der Waals surface area contributed by atoms with E-state index in [1.807, 2.05) is 13.8 Å². The topological polar surface area (TPSA) is 184 Å². The van der Waals surface area contributed by atoms with Gasteiger partial charge < -0.3 is 20.9 Å². The number of guanidine groups is 1. The number of unbranched alkanes of at least 4 members (excludes halogenated alkanes) is 2. The number of hydrogen-bond donors (Lipinski definition) is 4. The van der Waals surface area contributed by atoms with Gasteiger partial charge in [0.1, 0.15) is 0 Å². The van der Waals surface area contributed by atoms with Crippen LogP contribution in [0.3, 0.4) is 0 Å². The minimum atomic E-state index is -1.02. The summed E-state index contributed by atoms with van der Waals surface area (Å²) in [6.07, 6.45) is 0.945. The van der Waals surface area contributed by atoms with Crippen LogP contribution in [-0.4, -0.2) is 47.2 Å². The lowest BCUT2D eigenvalue weighted by Gasteiger charge is -2.11. The van der Waals surface area contributed by atoms with Crippen molar-refractivity contribution in [2.75, 3.05) is 24.7 Å². The summed E-state index contributed by atoms with van der Waals surface area (Å²) in [6, 6.07) is 0. The molecular formula is C16H24ClN7O5. The molecule has 13 heteroatoms. The predicted molar refractivity (Wildman–Crippen MR) is 106 cm³/mol. The Hall–Kier alpha value is -3.15. The van der Waals surface area contributed by atoms with Gasteiger partial charge in [-0.1, -0.05) is 38.3 Å². The van der Waals surface area contributed by atoms with E-state index in [-0.39, 0.29) is 35.7 Å². The molecule has 0 aromatic carbocycles. The molecule has 0 saturated heterocycles. The van der Waals surface area contributed by atoms with E-state index in [0.717, 1.165) is 12.8 Å². The molecule has 1 aromatic rings. The summed E-state index contributed by atoms with van der Waals surface area (Å²) in [5.74, 6) is -1.94. The lowest BCUT2D eigenvalue weighted by atomic mass is 10.4. The molecule has 0 saturated carbocycles. The van der Waals surface area contributed by atoms with E-state index in [4.69, 9.17) is 32.5 Å². The van der Waals surface area contributed by atoms with Crippen molar-refractivity contribution in [3.05, 3.63) is 10.8 Å². The summed E-state index contributed by atoms with van der Waals surface area (Å²) in [4.78, 5) is 47.0. The summed E-state index contributed by atoms with van der Waals surface area (Å²) in [5.41, 5.74) is 10.7. The maximum Gasteiger partial charge on any atom is 0.436 e. The lowest BCUT2D eigenvalue weighted by molar-refractivity contribution is 0.0971. The first kappa shape index (κ1) is 23.9. The van der Waals surface area contributed by atoms with Gasteiger partial charge in [-0.15, -0.1) is 4.99 Å². The molecule has 0 spiro atoms. The number of ether oxygens (including phenoxy) is 2. The Balaban J connectivity index is 2.94. The molecular weight excluding hydrogens is 406 g/mol. The van der Waals surface area contributed by atoms with Gasteiger partial charge in [0, 0.05) is 0 Å². The molecule has 0 atom stereocenters. The van der Waals surface area contributed by atoms with E-state index in [1.165, 1.54) is 0 Å². The van der Waals surface area contributed by atoms with Gasteiger partial charge in [0.05, 0.1) is 13.2 Å². The monoisotopic (exact) mass is 429 g/mol. The van der Waals surface area contributed by atoms with Gasteiger partial charge in [0.25, 0.3) is 5.91 Å². The van der Waals surface area contributed by atoms with E-state index in [0.29, 0.717) is 12.8 Å². The fourth-order valence-corrected chi connectivity index (χ4v) is 1.86. The first-order valence-electron chi connectivity index (χ1n) is 8.87. The normalized spacial score (nSPS) is 10.9. The second-order valence-electron chi connectivity index (χ2n) is 5.63. The average molecular weight is 430 g/mol. The number of nitrogens with zero attached hydrogens (tertiary/aromatic N) is 3. The predicted octanol–water partition coefficient (Wildman–Crippen LogP) is 1.84. The summed E-state index contributed by atoms with van der Waals surface area (Å²) in [5, 5.41) is 4.09. The smallest absolute Gasteiger partial charge is 0.436 e. The number of anilines is 2. The standard InChI is InChI=1S/C16H24ClN7O5/c1-3-5-7-28-15(26)23-14(24-16(27)29-8-6-4-2)22-13(25)9-11(18)21-12(19)10(17)20-9/h3-8H2,1-2H3,(H4,18,19,21)(H2,22,23,24,25,26,27). The van der Waals surface area contributed by atoms with Crippen LogP contribution in [0.15, 0.2) is 4.99 Å². The lowest BCUT2D eigenvalue weighted by Crippen LogP contribution is -2.45. The number of aliphatic imine (C=N–C) groups is 1. The Kier molecular flexibility index (Phi) is 10.2. The Morgan fingerprint density at radius 2 is 1.62 bits per heavy atom. The number of nitrogens with two attached hydrogens (primary N) is 2. The van der Waals surface area contributed by atoms with Gasteiger partial charge in [-0.25, -0.2) is 19.6 Å². The highest BCUT2D eigenvalue weighted by molar-refractivity contribution is 6.31. The molecule has 3 amide bonds. The fraction of sp³-hybridized carbons (Fsp3) is 0.500. The third-order valence-corrected chi connectivity index (χ3v) is 3.51. The van der Waals surface area contributed by atoms with Crippen LogP contribution in [0, 0.1) is 0 Å². The Morgan fingerprint density at radius 1 is 1.00 bits per heavy atom. The fourth-order valence-electron chi connectivity index (χ4n) is 1.73. The maximum atomic E-state index is 12.4. The van der Waals surface area contributed by atoms with Gasteiger partial charge >= 0.3 is 12.2 Å². The highest BCUT2D eigenvalue weighted by Gasteiger charge is 2.20. The molecule has 12 nitrogen and oxygen atoms in total. The molecule has 0 aliphatic carbocycles. The van der Waals surface area contributed by atoms with Crippen LogP contribution in [0.5, 0.6) is 0 Å². The molecule has 1 rings (SSSR count). The van der Waals surface area contributed by atoms with Crippen molar-refractivity contribution in [2.24, 2.45) is 4.99 Å². The van der Waals surface area contributed by atoms with E-state index in [9.17, 15) is 14.4 Å². The molecule has 160 valence electrons. The number of nitrogen functional groups attached to an aromatic ring is 2. The van der Waals surface area contributed by atoms with Crippen LogP contribution in [0.4, 0.5) is 21.2 Å². The van der Waals surface area contributed by atoms with Gasteiger partial charge in [0.2, 0.25) is 5.96 Å². The number of aromatic nitrogens is 2. The van der Waals surface area contributed by atoms with E-state index in [2.05, 4.69) is 25.6 Å². The van der Waals surface area contributed by atoms with E-state index < -0.39 is 24.1 Å². The van der Waals surface area contributed by atoms with Crippen LogP contribution >= 0.6 is 11.6 Å². The van der Waals surface area contributed by atoms with Crippen molar-refractivity contribution in [1.82, 2.24) is 20.6 Å². The van der Waals surface area contributed by atoms with Crippen LogP contribution in [0.25, 0.3) is 0 Å². The van der Waals surface area contributed by atoms with Crippen molar-refractivity contribution in [3.63, 3.8) is 0 Å². The number of amides is 3. The number of alkyl carbamates (subject to hydrolysis) is 1. The SMILES string of the molecule is CCCCOC(=O)N=C(NC(=O)OCCCC)NC(=O)c1nc(Cl)c(N)nc1N. The zero-order valence-electron chi connectivity index (χ0n) is 16.2. The van der Waals surface area contributed by atoms with Crippen molar-refractivity contribution in [2.45, 2.75) is 39.5 Å². The molecule has 0 aliphatic rings. The van der Waals surface area contributed by atoms with Crippen LogP contribution in [0.2, 0.25) is 5.15 Å².